The third-order valence-electron chi connectivity index (χ3n) is 5.17. The smallest absolute Gasteiger partial charge is 0.269 e. The van der Waals surface area contributed by atoms with E-state index in [4.69, 9.17) is 23.2 Å². The Morgan fingerprint density at radius 1 is 1.29 bits per heavy atom. The summed E-state index contributed by atoms with van der Waals surface area (Å²) in [5, 5.41) is 10.6. The lowest BCUT2D eigenvalue weighted by atomic mass is 10.00. The van der Waals surface area contributed by atoms with Crippen LogP contribution in [0.25, 0.3) is 0 Å². The van der Waals surface area contributed by atoms with Crippen molar-refractivity contribution in [2.45, 2.75) is 49.4 Å². The van der Waals surface area contributed by atoms with Crippen molar-refractivity contribution in [1.82, 2.24) is 19.8 Å². The van der Waals surface area contributed by atoms with Crippen molar-refractivity contribution >= 4 is 55.6 Å². The summed E-state index contributed by atoms with van der Waals surface area (Å²) in [6.45, 7) is 4.44. The number of carbonyl (C=O) groups excluding carboxylic acids is 1. The largest absolute Gasteiger partial charge is 0.300 e. The molecular formula is C19H25Cl2N5O3S2. The summed E-state index contributed by atoms with van der Waals surface area (Å²) in [7, 11) is -3.79. The Morgan fingerprint density at radius 2 is 2.10 bits per heavy atom. The highest BCUT2D eigenvalue weighted by atomic mass is 35.5. The highest BCUT2D eigenvalue weighted by molar-refractivity contribution is 7.91. The quantitative estimate of drug-likeness (QED) is 0.393. The first-order chi connectivity index (χ1) is 14.8. The number of anilines is 1. The number of benzene rings is 1. The van der Waals surface area contributed by atoms with Crippen molar-refractivity contribution in [3.63, 3.8) is 0 Å². The third-order valence-corrected chi connectivity index (χ3v) is 8.38. The number of sulfonamides is 1. The SMILES string of the molecule is CC[C@H]1CCCCN1CCCNS(=O)(=O)c1nnc(NC(=O)c2ccc(Cl)cc2Cl)s1. The number of hydrogen-bond acceptors (Lipinski definition) is 7. The van der Waals surface area contributed by atoms with E-state index >= 15 is 0 Å². The second kappa shape index (κ2) is 11.0. The fourth-order valence-corrected chi connectivity index (χ4v) is 6.08. The van der Waals surface area contributed by atoms with E-state index in [1.165, 1.54) is 37.5 Å². The Balaban J connectivity index is 1.52. The molecule has 8 nitrogen and oxygen atoms in total. The molecule has 1 atom stereocenters. The van der Waals surface area contributed by atoms with Gasteiger partial charge in [-0.1, -0.05) is 47.9 Å². The lowest BCUT2D eigenvalue weighted by Gasteiger charge is -2.35. The van der Waals surface area contributed by atoms with Gasteiger partial charge in [-0.2, -0.15) is 0 Å². The fourth-order valence-electron chi connectivity index (χ4n) is 3.57. The third kappa shape index (κ3) is 6.59. The Bertz CT molecular complexity index is 1020. The second-order valence-electron chi connectivity index (χ2n) is 7.30. The highest BCUT2D eigenvalue weighted by Gasteiger charge is 2.23. The van der Waals surface area contributed by atoms with E-state index in [0.717, 1.165) is 30.8 Å². The molecule has 31 heavy (non-hydrogen) atoms. The number of halogens is 2. The number of nitrogens with one attached hydrogen (secondary N) is 2. The van der Waals surface area contributed by atoms with Crippen LogP contribution in [0.5, 0.6) is 0 Å². The zero-order valence-corrected chi connectivity index (χ0v) is 20.2. The van der Waals surface area contributed by atoms with Crippen molar-refractivity contribution in [3.05, 3.63) is 33.8 Å². The van der Waals surface area contributed by atoms with Gasteiger partial charge in [-0.3, -0.25) is 10.1 Å². The number of aromatic nitrogens is 2. The molecule has 2 heterocycles. The van der Waals surface area contributed by atoms with Gasteiger partial charge in [-0.05, 0) is 57.0 Å². The van der Waals surface area contributed by atoms with Crippen LogP contribution in [-0.4, -0.2) is 55.1 Å². The van der Waals surface area contributed by atoms with E-state index in [0.29, 0.717) is 24.0 Å². The summed E-state index contributed by atoms with van der Waals surface area (Å²) < 4.78 is 27.4. The molecular weight excluding hydrogens is 481 g/mol. The maximum atomic E-state index is 12.5. The molecule has 0 radical (unpaired) electrons. The average molecular weight is 506 g/mol. The molecule has 0 unspecified atom stereocenters. The van der Waals surface area contributed by atoms with E-state index in [1.807, 2.05) is 0 Å². The van der Waals surface area contributed by atoms with E-state index in [1.54, 1.807) is 0 Å². The number of hydrogen-bond donors (Lipinski definition) is 2. The minimum Gasteiger partial charge on any atom is -0.300 e. The molecule has 0 saturated carbocycles. The maximum absolute atomic E-state index is 12.5. The molecule has 1 saturated heterocycles. The molecule has 1 aliphatic heterocycles. The molecule has 1 amide bonds. The maximum Gasteiger partial charge on any atom is 0.269 e. The van der Waals surface area contributed by atoms with Gasteiger partial charge in [0.05, 0.1) is 10.6 Å². The number of piperidine rings is 1. The van der Waals surface area contributed by atoms with Crippen LogP contribution in [0.2, 0.25) is 10.0 Å². The van der Waals surface area contributed by atoms with Crippen molar-refractivity contribution < 1.29 is 13.2 Å². The topological polar surface area (TPSA) is 104 Å². The number of nitrogens with zero attached hydrogens (tertiary/aromatic N) is 3. The Labute approximate surface area is 196 Å². The lowest BCUT2D eigenvalue weighted by Crippen LogP contribution is -2.40. The average Bonchev–Trinajstić information content (AvgIpc) is 3.21. The van der Waals surface area contributed by atoms with Gasteiger partial charge in [0.2, 0.25) is 9.47 Å². The van der Waals surface area contributed by atoms with E-state index in [2.05, 4.69) is 32.1 Å². The van der Waals surface area contributed by atoms with Crippen LogP contribution in [0.3, 0.4) is 0 Å². The van der Waals surface area contributed by atoms with Crippen LogP contribution in [0.1, 0.15) is 49.4 Å². The predicted octanol–water partition coefficient (Wildman–Crippen LogP) is 4.03. The van der Waals surface area contributed by atoms with Gasteiger partial charge in [-0.15, -0.1) is 10.2 Å². The van der Waals surface area contributed by atoms with Crippen LogP contribution in [0.4, 0.5) is 5.13 Å². The van der Waals surface area contributed by atoms with Gasteiger partial charge in [0.1, 0.15) is 0 Å². The van der Waals surface area contributed by atoms with Gasteiger partial charge in [0.25, 0.3) is 15.9 Å². The lowest BCUT2D eigenvalue weighted by molar-refractivity contribution is 0.102. The van der Waals surface area contributed by atoms with Crippen molar-refractivity contribution in [1.29, 1.82) is 0 Å². The fraction of sp³-hybridized carbons (Fsp3) is 0.526. The van der Waals surface area contributed by atoms with Gasteiger partial charge in [0, 0.05) is 17.6 Å². The normalized spacial score (nSPS) is 17.6. The summed E-state index contributed by atoms with van der Waals surface area (Å²) in [6.07, 6.45) is 5.51. The molecule has 2 aromatic rings. The molecule has 1 fully saturated rings. The van der Waals surface area contributed by atoms with Gasteiger partial charge < -0.3 is 4.90 Å². The molecule has 0 aliphatic carbocycles. The summed E-state index contributed by atoms with van der Waals surface area (Å²) in [6, 6.07) is 5.05. The van der Waals surface area contributed by atoms with E-state index < -0.39 is 15.9 Å². The number of likely N-dealkylation sites (tertiary alicyclic amines) is 1. The highest BCUT2D eigenvalue weighted by Crippen LogP contribution is 2.24. The Kier molecular flexibility index (Phi) is 8.65. The van der Waals surface area contributed by atoms with Crippen molar-refractivity contribution in [2.75, 3.05) is 25.0 Å². The van der Waals surface area contributed by atoms with Crippen molar-refractivity contribution in [3.8, 4) is 0 Å². The van der Waals surface area contributed by atoms with Gasteiger partial charge in [-0.25, -0.2) is 13.1 Å². The molecule has 0 spiro atoms. The van der Waals surface area contributed by atoms with Crippen LogP contribution < -0.4 is 10.0 Å². The summed E-state index contributed by atoms with van der Waals surface area (Å²) in [5.41, 5.74) is 0.201. The monoisotopic (exact) mass is 505 g/mol. The number of amides is 1. The summed E-state index contributed by atoms with van der Waals surface area (Å²) in [5.74, 6) is -0.526. The number of carbonyl (C=O) groups is 1. The predicted molar refractivity (Wildman–Crippen MR) is 124 cm³/mol. The van der Waals surface area contributed by atoms with E-state index in [9.17, 15) is 13.2 Å². The van der Waals surface area contributed by atoms with Gasteiger partial charge >= 0.3 is 0 Å². The minimum atomic E-state index is -3.79. The molecule has 170 valence electrons. The molecule has 0 bridgehead atoms. The summed E-state index contributed by atoms with van der Waals surface area (Å²) in [4.78, 5) is 14.8. The van der Waals surface area contributed by atoms with Crippen LogP contribution >= 0.6 is 34.5 Å². The Morgan fingerprint density at radius 3 is 2.84 bits per heavy atom. The standard InChI is InChI=1S/C19H25Cl2N5O3S2/c1-2-14-6-3-4-10-26(14)11-5-9-22-31(28,29)19-25-24-18(30-19)23-17(27)15-8-7-13(20)12-16(15)21/h7-8,12,14,22H,2-6,9-11H2,1H3,(H,23,24,27)/t14-/m0/s1. The number of rotatable bonds is 9. The van der Waals surface area contributed by atoms with E-state index in [-0.39, 0.29) is 20.1 Å². The minimum absolute atomic E-state index is 0.0653. The zero-order valence-electron chi connectivity index (χ0n) is 17.1. The molecule has 3 rings (SSSR count). The molecule has 2 N–H and O–H groups in total. The first-order valence-corrected chi connectivity index (χ1v) is 13.2. The van der Waals surface area contributed by atoms with Gasteiger partial charge in [0.15, 0.2) is 0 Å². The second-order valence-corrected chi connectivity index (χ2v) is 11.1. The molecule has 1 aromatic carbocycles. The Hall–Kier alpha value is -1.30. The first-order valence-electron chi connectivity index (χ1n) is 10.1. The van der Waals surface area contributed by atoms with Crippen molar-refractivity contribution in [2.24, 2.45) is 0 Å². The molecule has 1 aliphatic rings. The van der Waals surface area contributed by atoms with Crippen LogP contribution in [-0.2, 0) is 10.0 Å². The zero-order chi connectivity index (χ0) is 22.4. The molecule has 1 aromatic heterocycles. The van der Waals surface area contributed by atoms with Crippen LogP contribution in [0.15, 0.2) is 22.5 Å². The van der Waals surface area contributed by atoms with Crippen LogP contribution in [0, 0.1) is 0 Å². The summed E-state index contributed by atoms with van der Waals surface area (Å²) >= 11 is 12.6. The molecule has 12 heteroatoms. The first kappa shape index (κ1) is 24.3.